The van der Waals surface area contributed by atoms with Gasteiger partial charge in [0.05, 0.1) is 30.1 Å². The number of likely N-dealkylation sites (tertiary alicyclic amines) is 1. The minimum Gasteiger partial charge on any atom is -0.394 e. The third-order valence-electron chi connectivity index (χ3n) is 9.43. The van der Waals surface area contributed by atoms with Gasteiger partial charge in [-0.3, -0.25) is 14.4 Å². The van der Waals surface area contributed by atoms with E-state index < -0.39 is 35.1 Å². The highest BCUT2D eigenvalue weighted by Gasteiger charge is 2.76. The molecule has 2 aromatic carbocycles. The van der Waals surface area contributed by atoms with Crippen LogP contribution in [0.3, 0.4) is 0 Å². The van der Waals surface area contributed by atoms with Crippen LogP contribution in [0.5, 0.6) is 0 Å². The lowest BCUT2D eigenvalue weighted by Crippen LogP contribution is -2.57. The summed E-state index contributed by atoms with van der Waals surface area (Å²) in [6.07, 6.45) is 8.06. The van der Waals surface area contributed by atoms with E-state index in [-0.39, 0.29) is 24.3 Å². The van der Waals surface area contributed by atoms with Gasteiger partial charge in [-0.2, -0.15) is 0 Å². The van der Waals surface area contributed by atoms with Gasteiger partial charge in [-0.25, -0.2) is 0 Å². The van der Waals surface area contributed by atoms with Crippen molar-refractivity contribution in [2.45, 2.75) is 50.5 Å². The molecule has 3 amide bonds. The van der Waals surface area contributed by atoms with Crippen molar-refractivity contribution in [3.8, 4) is 0 Å². The van der Waals surface area contributed by atoms with E-state index in [1.54, 1.807) is 16.8 Å². The number of likely N-dealkylation sites (N-methyl/N-ethyl adjacent to an activating group) is 1. The van der Waals surface area contributed by atoms with Gasteiger partial charge in [0.1, 0.15) is 11.6 Å². The number of rotatable bonds is 5. The minimum atomic E-state index is -1.39. The quantitative estimate of drug-likeness (QED) is 0.572. The second kappa shape index (κ2) is 9.96. The number of carbonyl (C=O) groups excluding carboxylic acids is 3. The molecule has 2 fully saturated rings. The topological polar surface area (TPSA) is 90.4 Å². The Morgan fingerprint density at radius 2 is 1.68 bits per heavy atom. The molecule has 4 aliphatic heterocycles. The second-order valence-corrected chi connectivity index (χ2v) is 11.7. The van der Waals surface area contributed by atoms with Crippen LogP contribution < -0.4 is 4.90 Å². The van der Waals surface area contributed by atoms with Gasteiger partial charge in [0.15, 0.2) is 0 Å². The largest absolute Gasteiger partial charge is 0.394 e. The van der Waals surface area contributed by atoms with Gasteiger partial charge in [0, 0.05) is 25.8 Å². The Balaban J connectivity index is 1.57. The van der Waals surface area contributed by atoms with Crippen LogP contribution in [0, 0.1) is 25.7 Å². The summed E-state index contributed by atoms with van der Waals surface area (Å²) < 4.78 is 7.02. The molecule has 41 heavy (non-hydrogen) atoms. The van der Waals surface area contributed by atoms with E-state index in [0.29, 0.717) is 25.1 Å². The first-order valence-electron chi connectivity index (χ1n) is 14.4. The van der Waals surface area contributed by atoms with Crippen molar-refractivity contribution in [3.05, 3.63) is 89.5 Å². The molecule has 4 aliphatic rings. The van der Waals surface area contributed by atoms with Gasteiger partial charge in [-0.05, 0) is 43.0 Å². The van der Waals surface area contributed by atoms with Crippen LogP contribution in [0.2, 0.25) is 0 Å². The molecule has 214 valence electrons. The first-order valence-corrected chi connectivity index (χ1v) is 14.4. The van der Waals surface area contributed by atoms with E-state index in [4.69, 9.17) is 4.74 Å². The molecule has 6 atom stereocenters. The van der Waals surface area contributed by atoms with E-state index in [2.05, 4.69) is 0 Å². The van der Waals surface area contributed by atoms with Crippen molar-refractivity contribution >= 4 is 23.4 Å². The lowest BCUT2D eigenvalue weighted by Gasteiger charge is -2.41. The third kappa shape index (κ3) is 3.91. The summed E-state index contributed by atoms with van der Waals surface area (Å²) in [5, 5.41) is 10.7. The summed E-state index contributed by atoms with van der Waals surface area (Å²) in [7, 11) is 1.73. The summed E-state index contributed by atoms with van der Waals surface area (Å²) in [4.78, 5) is 48.4. The Morgan fingerprint density at radius 3 is 2.39 bits per heavy atom. The Kier molecular flexibility index (Phi) is 6.66. The monoisotopic (exact) mass is 555 g/mol. The molecule has 1 N–H and O–H groups in total. The fourth-order valence-electron chi connectivity index (χ4n) is 7.41. The number of anilines is 1. The summed E-state index contributed by atoms with van der Waals surface area (Å²) in [5.41, 5.74) is 1.00. The van der Waals surface area contributed by atoms with E-state index in [1.165, 1.54) is 4.90 Å². The molecule has 4 heterocycles. The van der Waals surface area contributed by atoms with Gasteiger partial charge in [0.2, 0.25) is 11.8 Å². The molecular weight excluding hydrogens is 518 g/mol. The maximum atomic E-state index is 14.9. The van der Waals surface area contributed by atoms with Crippen molar-refractivity contribution in [2.24, 2.45) is 11.8 Å². The van der Waals surface area contributed by atoms with E-state index in [1.807, 2.05) is 93.6 Å². The summed E-state index contributed by atoms with van der Waals surface area (Å²) in [6.45, 7) is 6.22. The second-order valence-electron chi connectivity index (χ2n) is 11.7. The number of amides is 3. The Morgan fingerprint density at radius 1 is 0.951 bits per heavy atom. The van der Waals surface area contributed by atoms with E-state index >= 15 is 0 Å². The molecule has 1 unspecified atom stereocenters. The number of ether oxygens (including phenoxy) is 1. The highest BCUT2D eigenvalue weighted by molar-refractivity contribution is 6.06. The number of hydrogen-bond donors (Lipinski definition) is 1. The lowest BCUT2D eigenvalue weighted by atomic mass is 9.73. The normalized spacial score (nSPS) is 31.6. The predicted molar refractivity (Wildman–Crippen MR) is 155 cm³/mol. The fraction of sp³-hybridized carbons (Fsp3) is 0.424. The van der Waals surface area contributed by atoms with Crippen molar-refractivity contribution < 1.29 is 24.2 Å². The van der Waals surface area contributed by atoms with Crippen LogP contribution in [-0.2, 0) is 19.1 Å². The molecule has 8 heteroatoms. The number of nitrogens with zero attached hydrogens (tertiary/aromatic N) is 3. The fourth-order valence-corrected chi connectivity index (χ4v) is 7.41. The van der Waals surface area contributed by atoms with Crippen LogP contribution in [-0.4, -0.2) is 76.6 Å². The smallest absolute Gasteiger partial charge is 0.253 e. The molecule has 2 aromatic rings. The zero-order valence-corrected chi connectivity index (χ0v) is 24.0. The Hall–Kier alpha value is -3.75. The van der Waals surface area contributed by atoms with Crippen molar-refractivity contribution in [2.75, 3.05) is 31.6 Å². The zero-order chi connectivity index (χ0) is 29.1. The van der Waals surface area contributed by atoms with Gasteiger partial charge < -0.3 is 24.5 Å². The summed E-state index contributed by atoms with van der Waals surface area (Å²) in [6, 6.07) is 13.3. The van der Waals surface area contributed by atoms with Gasteiger partial charge in [-0.1, -0.05) is 73.7 Å². The molecule has 8 nitrogen and oxygen atoms in total. The van der Waals surface area contributed by atoms with E-state index in [0.717, 1.165) is 16.8 Å². The minimum absolute atomic E-state index is 0.176. The molecule has 0 saturated carbocycles. The van der Waals surface area contributed by atoms with Crippen molar-refractivity contribution in [1.82, 2.24) is 9.80 Å². The number of aliphatic hydroxyl groups excluding tert-OH is 1. The standard InChI is InChI=1S/C33H37N3O5/c1-5-32-15-9-17-34(4)29(38)26(32)27-30(39)36(25(20-37)23-11-7-6-8-12-23)28-31(40)35(18-10-16-33(27,28)41-32)24-19-21(2)13-14-22(24)3/h6-16,19,25-28,37H,5,17-18,20H2,1-4H3/t25-,26+,27+,28?,32-,33+/m1/s1. The van der Waals surface area contributed by atoms with Crippen LogP contribution in [0.4, 0.5) is 5.69 Å². The van der Waals surface area contributed by atoms with Gasteiger partial charge in [0.25, 0.3) is 5.91 Å². The van der Waals surface area contributed by atoms with Crippen molar-refractivity contribution in [1.29, 1.82) is 0 Å². The SMILES string of the molecule is CC[C@@]12C=CCN(C)C(=O)[C@@H]1[C@H]1C(=O)N([C@H](CO)c3ccccc3)C3C(=O)N(c4cc(C)ccc4C)CC=C[C@@]31O2. The zero-order valence-electron chi connectivity index (χ0n) is 24.0. The first kappa shape index (κ1) is 27.4. The molecule has 0 aliphatic carbocycles. The molecule has 2 saturated heterocycles. The van der Waals surface area contributed by atoms with Crippen molar-refractivity contribution in [3.63, 3.8) is 0 Å². The Labute approximate surface area is 240 Å². The maximum absolute atomic E-state index is 14.9. The van der Waals surface area contributed by atoms with E-state index in [9.17, 15) is 19.5 Å². The predicted octanol–water partition coefficient (Wildman–Crippen LogP) is 3.33. The first-order chi connectivity index (χ1) is 19.7. The Bertz CT molecular complexity index is 1450. The summed E-state index contributed by atoms with van der Waals surface area (Å²) in [5.74, 6) is -2.56. The lowest BCUT2D eigenvalue weighted by molar-refractivity contribution is -0.152. The number of fused-ring (bicyclic) bond motifs is 2. The number of carbonyl (C=O) groups is 3. The number of aliphatic hydroxyl groups is 1. The van der Waals surface area contributed by atoms with Crippen LogP contribution >= 0.6 is 0 Å². The van der Waals surface area contributed by atoms with Gasteiger partial charge >= 0.3 is 0 Å². The highest BCUT2D eigenvalue weighted by Crippen LogP contribution is 2.59. The maximum Gasteiger partial charge on any atom is 0.253 e. The molecule has 0 aromatic heterocycles. The molecule has 1 spiro atoms. The molecule has 0 bridgehead atoms. The third-order valence-corrected chi connectivity index (χ3v) is 9.43. The molecular formula is C33H37N3O5. The number of aryl methyl sites for hydroxylation is 2. The number of benzene rings is 2. The summed E-state index contributed by atoms with van der Waals surface area (Å²) >= 11 is 0. The van der Waals surface area contributed by atoms with Crippen LogP contribution in [0.25, 0.3) is 0 Å². The highest BCUT2D eigenvalue weighted by atomic mass is 16.5. The van der Waals surface area contributed by atoms with Crippen LogP contribution in [0.1, 0.15) is 36.1 Å². The number of hydrogen-bond acceptors (Lipinski definition) is 5. The van der Waals surface area contributed by atoms with Gasteiger partial charge in [-0.15, -0.1) is 0 Å². The average molecular weight is 556 g/mol. The van der Waals surface area contributed by atoms with Crippen LogP contribution in [0.15, 0.2) is 72.8 Å². The molecule has 6 rings (SSSR count). The molecule has 0 radical (unpaired) electrons. The average Bonchev–Trinajstić information content (AvgIpc) is 3.27.